The predicted molar refractivity (Wildman–Crippen MR) is 56.0 cm³/mol. The summed E-state index contributed by atoms with van der Waals surface area (Å²) < 4.78 is 0. The summed E-state index contributed by atoms with van der Waals surface area (Å²) in [5, 5.41) is 4.22. The van der Waals surface area contributed by atoms with Gasteiger partial charge in [-0.1, -0.05) is 29.4 Å². The molecule has 0 saturated heterocycles. The fourth-order valence-electron chi connectivity index (χ4n) is 1.45. The highest BCUT2D eigenvalue weighted by Gasteiger charge is 2.09. The van der Waals surface area contributed by atoms with E-state index in [1.54, 1.807) is 31.2 Å². The van der Waals surface area contributed by atoms with Crippen LogP contribution in [0.4, 0.5) is 0 Å². The molecule has 0 heterocycles. The highest BCUT2D eigenvalue weighted by molar-refractivity contribution is 5.83. The molecule has 0 N–H and O–H groups in total. The molecule has 0 spiro atoms. The maximum absolute atomic E-state index is 11.7. The standard InChI is InChI=1S/C11H9NO3/c1-2-15-12-9-10(13)7-5-3-4-6-8(7)11(9)14/h3-6H,2H2,1H3. The molecular formula is C11H9NO3. The van der Waals surface area contributed by atoms with Gasteiger partial charge in [-0.15, -0.1) is 0 Å². The first-order valence-electron chi connectivity index (χ1n) is 4.64. The minimum Gasteiger partial charge on any atom is -0.395 e. The summed E-state index contributed by atoms with van der Waals surface area (Å²) >= 11 is 0. The van der Waals surface area contributed by atoms with Crippen LogP contribution in [0.1, 0.15) is 6.92 Å². The third kappa shape index (κ3) is 1.44. The van der Waals surface area contributed by atoms with Crippen molar-refractivity contribution >= 4 is 10.8 Å². The van der Waals surface area contributed by atoms with E-state index in [0.717, 1.165) is 0 Å². The minimum absolute atomic E-state index is 0.127. The van der Waals surface area contributed by atoms with Gasteiger partial charge in [-0.25, -0.2) is 0 Å². The zero-order chi connectivity index (χ0) is 10.8. The Labute approximate surface area is 85.1 Å². The minimum atomic E-state index is -0.357. The Morgan fingerprint density at radius 2 is 1.67 bits per heavy atom. The Morgan fingerprint density at radius 3 is 2.13 bits per heavy atom. The van der Waals surface area contributed by atoms with E-state index >= 15 is 0 Å². The number of benzene rings is 1. The lowest BCUT2D eigenvalue weighted by Gasteiger charge is -1.85. The average Bonchev–Trinajstić information content (AvgIpc) is 2.51. The Morgan fingerprint density at radius 1 is 1.13 bits per heavy atom. The summed E-state index contributed by atoms with van der Waals surface area (Å²) in [4.78, 5) is 28.1. The van der Waals surface area contributed by atoms with Crippen LogP contribution >= 0.6 is 0 Å². The normalized spacial score (nSPS) is 10.5. The Kier molecular flexibility index (Phi) is 2.33. The quantitative estimate of drug-likeness (QED) is 0.659. The van der Waals surface area contributed by atoms with Gasteiger partial charge in [0, 0.05) is 10.8 Å². The maximum Gasteiger partial charge on any atom is 0.219 e. The van der Waals surface area contributed by atoms with Gasteiger partial charge in [0.15, 0.2) is 5.36 Å². The number of nitrogens with zero attached hydrogens (tertiary/aromatic N) is 1. The Bertz CT molecular complexity index is 586. The first-order chi connectivity index (χ1) is 7.25. The van der Waals surface area contributed by atoms with Crippen molar-refractivity contribution in [2.75, 3.05) is 6.61 Å². The van der Waals surface area contributed by atoms with Crippen molar-refractivity contribution in [2.45, 2.75) is 6.92 Å². The molecule has 4 heteroatoms. The summed E-state index contributed by atoms with van der Waals surface area (Å²) in [5.41, 5.74) is -0.715. The van der Waals surface area contributed by atoms with Crippen LogP contribution in [0.25, 0.3) is 10.8 Å². The van der Waals surface area contributed by atoms with Crippen LogP contribution in [-0.4, -0.2) is 6.61 Å². The predicted octanol–water partition coefficient (Wildman–Crippen LogP) is 0.288. The topological polar surface area (TPSA) is 55.7 Å². The summed E-state index contributed by atoms with van der Waals surface area (Å²) in [6, 6.07) is 6.66. The van der Waals surface area contributed by atoms with Crippen LogP contribution < -0.4 is 16.2 Å². The summed E-state index contributed by atoms with van der Waals surface area (Å²) in [7, 11) is 0. The zero-order valence-corrected chi connectivity index (χ0v) is 8.19. The molecule has 2 rings (SSSR count). The molecule has 0 aliphatic carbocycles. The maximum atomic E-state index is 11.7. The van der Waals surface area contributed by atoms with Crippen molar-refractivity contribution in [2.24, 2.45) is 5.16 Å². The number of fused-ring (bicyclic) bond motifs is 1. The molecule has 0 aliphatic rings. The third-order valence-corrected chi connectivity index (χ3v) is 2.13. The average molecular weight is 203 g/mol. The molecule has 0 aliphatic heterocycles. The van der Waals surface area contributed by atoms with E-state index in [2.05, 4.69) is 5.16 Å². The highest BCUT2D eigenvalue weighted by atomic mass is 16.6. The van der Waals surface area contributed by atoms with Crippen molar-refractivity contribution < 1.29 is 4.84 Å². The first kappa shape index (κ1) is 9.58. The summed E-state index contributed by atoms with van der Waals surface area (Å²) in [6.07, 6.45) is 0. The van der Waals surface area contributed by atoms with Gasteiger partial charge in [-0.05, 0) is 6.92 Å². The lowest BCUT2D eigenvalue weighted by molar-refractivity contribution is 0.147. The molecule has 0 bridgehead atoms. The Hall–Kier alpha value is -1.97. The fourth-order valence-corrected chi connectivity index (χ4v) is 1.45. The van der Waals surface area contributed by atoms with E-state index in [1.165, 1.54) is 0 Å². The summed E-state index contributed by atoms with van der Waals surface area (Å²) in [6.45, 7) is 2.07. The molecule has 0 amide bonds. The molecule has 2 aromatic carbocycles. The molecule has 4 nitrogen and oxygen atoms in total. The van der Waals surface area contributed by atoms with Crippen LogP contribution in [0.15, 0.2) is 39.0 Å². The van der Waals surface area contributed by atoms with Gasteiger partial charge >= 0.3 is 0 Å². The largest absolute Gasteiger partial charge is 0.395 e. The van der Waals surface area contributed by atoms with E-state index in [-0.39, 0.29) is 16.2 Å². The van der Waals surface area contributed by atoms with Gasteiger partial charge in [0.05, 0.1) is 0 Å². The third-order valence-electron chi connectivity index (χ3n) is 2.13. The molecule has 0 aromatic heterocycles. The van der Waals surface area contributed by atoms with Crippen LogP contribution in [0.2, 0.25) is 0 Å². The van der Waals surface area contributed by atoms with Crippen molar-refractivity contribution in [3.05, 3.63) is 50.1 Å². The van der Waals surface area contributed by atoms with Crippen LogP contribution in [-0.2, 0) is 4.84 Å². The molecule has 0 saturated carbocycles. The molecule has 0 unspecified atom stereocenters. The second kappa shape index (κ2) is 3.65. The highest BCUT2D eigenvalue weighted by Crippen LogP contribution is 2.01. The van der Waals surface area contributed by atoms with E-state index in [9.17, 15) is 9.59 Å². The van der Waals surface area contributed by atoms with Crippen molar-refractivity contribution in [1.29, 1.82) is 0 Å². The molecule has 15 heavy (non-hydrogen) atoms. The number of hydrogen-bond acceptors (Lipinski definition) is 4. The van der Waals surface area contributed by atoms with E-state index in [4.69, 9.17) is 4.84 Å². The molecular weight excluding hydrogens is 194 g/mol. The molecule has 76 valence electrons. The van der Waals surface area contributed by atoms with Crippen LogP contribution in [0.5, 0.6) is 0 Å². The number of rotatable bonds is 2. The van der Waals surface area contributed by atoms with Crippen molar-refractivity contribution in [1.82, 2.24) is 0 Å². The smallest absolute Gasteiger partial charge is 0.219 e. The van der Waals surface area contributed by atoms with Crippen molar-refractivity contribution in [3.8, 4) is 0 Å². The second-order valence-corrected chi connectivity index (χ2v) is 3.06. The van der Waals surface area contributed by atoms with Gasteiger partial charge in [-0.3, -0.25) is 9.59 Å². The SMILES string of the molecule is CCON=c1c(=O)c2ccccc2c1=O. The zero-order valence-electron chi connectivity index (χ0n) is 8.19. The molecule has 2 aromatic rings. The van der Waals surface area contributed by atoms with Gasteiger partial charge in [0.25, 0.3) is 0 Å². The lowest BCUT2D eigenvalue weighted by atomic mass is 10.2. The van der Waals surface area contributed by atoms with E-state index < -0.39 is 0 Å². The van der Waals surface area contributed by atoms with E-state index in [1.807, 2.05) is 0 Å². The van der Waals surface area contributed by atoms with Gasteiger partial charge in [0.1, 0.15) is 6.61 Å². The number of hydrogen-bond donors (Lipinski definition) is 0. The fraction of sp³-hybridized carbons (Fsp3) is 0.182. The van der Waals surface area contributed by atoms with E-state index in [0.29, 0.717) is 17.4 Å². The monoisotopic (exact) mass is 203 g/mol. The van der Waals surface area contributed by atoms with Crippen LogP contribution in [0, 0.1) is 0 Å². The summed E-state index contributed by atoms with van der Waals surface area (Å²) in [5.74, 6) is 0. The molecule has 0 fully saturated rings. The molecule has 0 atom stereocenters. The van der Waals surface area contributed by atoms with Crippen molar-refractivity contribution in [3.63, 3.8) is 0 Å². The lowest BCUT2D eigenvalue weighted by Crippen LogP contribution is -2.31. The second-order valence-electron chi connectivity index (χ2n) is 3.06. The Balaban J connectivity index is 2.88. The van der Waals surface area contributed by atoms with Crippen LogP contribution in [0.3, 0.4) is 0 Å². The van der Waals surface area contributed by atoms with Gasteiger partial charge < -0.3 is 4.84 Å². The van der Waals surface area contributed by atoms with Gasteiger partial charge in [0.2, 0.25) is 10.9 Å². The molecule has 0 radical (unpaired) electrons. The van der Waals surface area contributed by atoms with Gasteiger partial charge in [-0.2, -0.15) is 0 Å². The first-order valence-corrected chi connectivity index (χ1v) is 4.64.